The van der Waals surface area contributed by atoms with E-state index < -0.39 is 11.6 Å². The Morgan fingerprint density at radius 3 is 2.83 bits per heavy atom. The Kier molecular flexibility index (Phi) is 5.46. The molecule has 6 nitrogen and oxygen atoms in total. The molecule has 1 aromatic heterocycles. The van der Waals surface area contributed by atoms with Crippen LogP contribution in [0.5, 0.6) is 0 Å². The highest BCUT2D eigenvalue weighted by molar-refractivity contribution is 5.95. The molecule has 2 atom stereocenters. The number of nitrogens with one attached hydrogen (secondary N) is 1. The van der Waals surface area contributed by atoms with Gasteiger partial charge in [-0.05, 0) is 44.2 Å². The molecular formula is C17H26N2O4. The summed E-state index contributed by atoms with van der Waals surface area (Å²) >= 11 is 0. The fourth-order valence-corrected chi connectivity index (χ4v) is 2.58. The van der Waals surface area contributed by atoms with Crippen molar-refractivity contribution in [3.05, 3.63) is 24.2 Å². The average molecular weight is 322 g/mol. The number of rotatable bonds is 5. The Balaban J connectivity index is 2.03. The molecule has 2 heterocycles. The Hall–Kier alpha value is -1.82. The van der Waals surface area contributed by atoms with Crippen LogP contribution in [0, 0.1) is 5.92 Å². The zero-order valence-electron chi connectivity index (χ0n) is 14.0. The van der Waals surface area contributed by atoms with Crippen molar-refractivity contribution in [2.24, 2.45) is 5.92 Å². The molecule has 0 bridgehead atoms. The number of nitrogens with zero attached hydrogens (tertiary/aromatic N) is 1. The van der Waals surface area contributed by atoms with E-state index in [0.717, 1.165) is 12.8 Å². The summed E-state index contributed by atoms with van der Waals surface area (Å²) in [4.78, 5) is 26.6. The second-order valence-corrected chi connectivity index (χ2v) is 6.72. The SMILES string of the molecule is CC(C)C(C)(O)CNC(=O)C1CCCCN1C(=O)c1ccco1. The molecule has 2 N–H and O–H groups in total. The molecule has 2 amide bonds. The molecule has 0 spiro atoms. The molecule has 1 aromatic rings. The Morgan fingerprint density at radius 2 is 2.22 bits per heavy atom. The average Bonchev–Trinajstić information content (AvgIpc) is 3.06. The minimum atomic E-state index is -0.972. The van der Waals surface area contributed by atoms with Gasteiger partial charge in [-0.1, -0.05) is 13.8 Å². The van der Waals surface area contributed by atoms with E-state index in [9.17, 15) is 14.7 Å². The van der Waals surface area contributed by atoms with E-state index in [4.69, 9.17) is 4.42 Å². The number of hydrogen-bond acceptors (Lipinski definition) is 4. The molecule has 1 fully saturated rings. The third-order valence-corrected chi connectivity index (χ3v) is 4.66. The van der Waals surface area contributed by atoms with Gasteiger partial charge < -0.3 is 19.7 Å². The maximum atomic E-state index is 12.5. The van der Waals surface area contributed by atoms with Crippen molar-refractivity contribution >= 4 is 11.8 Å². The summed E-state index contributed by atoms with van der Waals surface area (Å²) < 4.78 is 5.16. The van der Waals surface area contributed by atoms with Crippen LogP contribution in [0.15, 0.2) is 22.8 Å². The third kappa shape index (κ3) is 4.13. The largest absolute Gasteiger partial charge is 0.459 e. The molecule has 23 heavy (non-hydrogen) atoms. The number of furan rings is 1. The van der Waals surface area contributed by atoms with E-state index in [1.54, 1.807) is 24.0 Å². The first-order valence-corrected chi connectivity index (χ1v) is 8.17. The van der Waals surface area contributed by atoms with Crippen LogP contribution in [0.4, 0.5) is 0 Å². The van der Waals surface area contributed by atoms with Gasteiger partial charge in [0.05, 0.1) is 11.9 Å². The van der Waals surface area contributed by atoms with Gasteiger partial charge >= 0.3 is 0 Å². The molecule has 0 aromatic carbocycles. The molecular weight excluding hydrogens is 296 g/mol. The summed E-state index contributed by atoms with van der Waals surface area (Å²) in [6.07, 6.45) is 3.86. The second-order valence-electron chi connectivity index (χ2n) is 6.72. The molecule has 1 saturated heterocycles. The van der Waals surface area contributed by atoms with Crippen molar-refractivity contribution in [3.8, 4) is 0 Å². The van der Waals surface area contributed by atoms with E-state index >= 15 is 0 Å². The molecule has 1 aliphatic heterocycles. The number of amides is 2. The number of hydrogen-bond donors (Lipinski definition) is 2. The molecule has 0 saturated carbocycles. The molecule has 2 unspecified atom stereocenters. The normalized spacial score (nSPS) is 21.1. The highest BCUT2D eigenvalue weighted by Crippen LogP contribution is 2.21. The van der Waals surface area contributed by atoms with Gasteiger partial charge in [0.25, 0.3) is 5.91 Å². The van der Waals surface area contributed by atoms with Gasteiger partial charge in [0.1, 0.15) is 6.04 Å². The molecule has 6 heteroatoms. The lowest BCUT2D eigenvalue weighted by molar-refractivity contribution is -0.128. The number of piperidine rings is 1. The lowest BCUT2D eigenvalue weighted by Crippen LogP contribution is -2.54. The zero-order valence-corrected chi connectivity index (χ0v) is 14.0. The first-order valence-electron chi connectivity index (χ1n) is 8.17. The van der Waals surface area contributed by atoms with E-state index in [1.807, 2.05) is 13.8 Å². The Bertz CT molecular complexity index is 537. The molecule has 0 radical (unpaired) electrons. The van der Waals surface area contributed by atoms with Gasteiger partial charge in [-0.15, -0.1) is 0 Å². The zero-order chi connectivity index (χ0) is 17.0. The first-order chi connectivity index (χ1) is 10.8. The molecule has 128 valence electrons. The van der Waals surface area contributed by atoms with Crippen molar-refractivity contribution < 1.29 is 19.1 Å². The summed E-state index contributed by atoms with van der Waals surface area (Å²) in [5, 5.41) is 13.0. The van der Waals surface area contributed by atoms with Crippen molar-refractivity contribution in [1.82, 2.24) is 10.2 Å². The summed E-state index contributed by atoms with van der Waals surface area (Å²) in [7, 11) is 0. The summed E-state index contributed by atoms with van der Waals surface area (Å²) in [6.45, 7) is 6.21. The maximum Gasteiger partial charge on any atom is 0.290 e. The number of carbonyl (C=O) groups excluding carboxylic acids is 2. The predicted octanol–water partition coefficient (Wildman–Crippen LogP) is 1.80. The van der Waals surface area contributed by atoms with Crippen molar-refractivity contribution in [2.75, 3.05) is 13.1 Å². The molecule has 1 aliphatic rings. The number of likely N-dealkylation sites (tertiary alicyclic amines) is 1. The first kappa shape index (κ1) is 17.5. The van der Waals surface area contributed by atoms with E-state index in [-0.39, 0.29) is 30.0 Å². The topological polar surface area (TPSA) is 82.8 Å². The maximum absolute atomic E-state index is 12.5. The summed E-state index contributed by atoms with van der Waals surface area (Å²) in [5.74, 6) is -0.204. The lowest BCUT2D eigenvalue weighted by atomic mass is 9.92. The van der Waals surface area contributed by atoms with E-state index in [0.29, 0.717) is 13.0 Å². The van der Waals surface area contributed by atoms with Crippen molar-refractivity contribution in [2.45, 2.75) is 51.7 Å². The minimum Gasteiger partial charge on any atom is -0.459 e. The van der Waals surface area contributed by atoms with Crippen LogP contribution >= 0.6 is 0 Å². The van der Waals surface area contributed by atoms with Crippen LogP contribution in [-0.2, 0) is 4.79 Å². The fraction of sp³-hybridized carbons (Fsp3) is 0.647. The minimum absolute atomic E-state index is 0.0232. The number of carbonyl (C=O) groups is 2. The summed E-state index contributed by atoms with van der Waals surface area (Å²) in [6, 6.07) is 2.76. The van der Waals surface area contributed by atoms with E-state index in [1.165, 1.54) is 6.26 Å². The van der Waals surface area contributed by atoms with Crippen LogP contribution in [0.1, 0.15) is 50.6 Å². The number of aliphatic hydroxyl groups is 1. The smallest absolute Gasteiger partial charge is 0.290 e. The highest BCUT2D eigenvalue weighted by atomic mass is 16.3. The molecule has 2 rings (SSSR count). The van der Waals surface area contributed by atoms with Crippen LogP contribution in [-0.4, -0.2) is 46.6 Å². The van der Waals surface area contributed by atoms with Crippen LogP contribution < -0.4 is 5.32 Å². The Labute approximate surface area is 136 Å². The molecule has 0 aliphatic carbocycles. The third-order valence-electron chi connectivity index (χ3n) is 4.66. The van der Waals surface area contributed by atoms with Gasteiger partial charge in [0.15, 0.2) is 5.76 Å². The van der Waals surface area contributed by atoms with Gasteiger partial charge in [0, 0.05) is 13.1 Å². The van der Waals surface area contributed by atoms with E-state index in [2.05, 4.69) is 5.32 Å². The fourth-order valence-electron chi connectivity index (χ4n) is 2.58. The van der Waals surface area contributed by atoms with Gasteiger partial charge in [0.2, 0.25) is 5.91 Å². The summed E-state index contributed by atoms with van der Waals surface area (Å²) in [5.41, 5.74) is -0.972. The quantitative estimate of drug-likeness (QED) is 0.866. The monoisotopic (exact) mass is 322 g/mol. The second kappa shape index (κ2) is 7.17. The van der Waals surface area contributed by atoms with Crippen molar-refractivity contribution in [1.29, 1.82) is 0 Å². The predicted molar refractivity (Wildman–Crippen MR) is 85.9 cm³/mol. The Morgan fingerprint density at radius 1 is 1.48 bits per heavy atom. The van der Waals surface area contributed by atoms with Gasteiger partial charge in [-0.2, -0.15) is 0 Å². The highest BCUT2D eigenvalue weighted by Gasteiger charge is 2.35. The van der Waals surface area contributed by atoms with Crippen LogP contribution in [0.3, 0.4) is 0 Å². The van der Waals surface area contributed by atoms with Crippen LogP contribution in [0.2, 0.25) is 0 Å². The standard InChI is InChI=1S/C17H26N2O4/c1-12(2)17(3,22)11-18-15(20)13-7-4-5-9-19(13)16(21)14-8-6-10-23-14/h6,8,10,12-13,22H,4-5,7,9,11H2,1-3H3,(H,18,20). The lowest BCUT2D eigenvalue weighted by Gasteiger charge is -2.35. The van der Waals surface area contributed by atoms with Crippen LogP contribution in [0.25, 0.3) is 0 Å². The van der Waals surface area contributed by atoms with Crippen molar-refractivity contribution in [3.63, 3.8) is 0 Å². The van der Waals surface area contributed by atoms with Gasteiger partial charge in [-0.25, -0.2) is 0 Å². The van der Waals surface area contributed by atoms with Gasteiger partial charge in [-0.3, -0.25) is 9.59 Å².